The fraction of sp³-hybridized carbons (Fsp3) is 0.0909. The molecule has 1 aliphatic rings. The van der Waals surface area contributed by atoms with Crippen molar-refractivity contribution in [1.82, 2.24) is 29.3 Å². The first-order chi connectivity index (χ1) is 16.0. The normalized spacial score (nSPS) is 15.0. The Hall–Kier alpha value is -4.98. The average Bonchev–Trinajstić information content (AvgIpc) is 3.44. The highest BCUT2D eigenvalue weighted by molar-refractivity contribution is 5.89. The molecule has 0 saturated carbocycles. The Morgan fingerprint density at radius 2 is 1.97 bits per heavy atom. The fourth-order valence-corrected chi connectivity index (χ4v) is 3.94. The number of ether oxygens (including phenoxy) is 1. The first-order valence-corrected chi connectivity index (χ1v) is 9.84. The lowest BCUT2D eigenvalue weighted by Crippen LogP contribution is -2.22. The van der Waals surface area contributed by atoms with Crippen LogP contribution in [0.2, 0.25) is 0 Å². The molecule has 4 aromatic rings. The highest BCUT2D eigenvalue weighted by Gasteiger charge is 2.37. The number of aryl methyl sites for hydroxylation is 1. The average molecular weight is 439 g/mol. The van der Waals surface area contributed by atoms with Gasteiger partial charge < -0.3 is 16.2 Å². The maximum Gasteiger partial charge on any atom is 0.285 e. The van der Waals surface area contributed by atoms with E-state index >= 15 is 0 Å². The van der Waals surface area contributed by atoms with Crippen LogP contribution in [-0.4, -0.2) is 35.2 Å². The van der Waals surface area contributed by atoms with E-state index in [2.05, 4.69) is 26.1 Å². The third kappa shape index (κ3) is 3.17. The summed E-state index contributed by atoms with van der Waals surface area (Å²) in [6, 6.07) is 9.48. The maximum atomic E-state index is 11.6. The zero-order valence-corrected chi connectivity index (χ0v) is 17.4. The molecule has 1 unspecified atom stereocenters. The van der Waals surface area contributed by atoms with Crippen molar-refractivity contribution in [2.45, 2.75) is 5.92 Å². The molecular formula is C22H17N9O2. The van der Waals surface area contributed by atoms with Crippen LogP contribution in [0.15, 0.2) is 66.7 Å². The third-order valence-corrected chi connectivity index (χ3v) is 5.37. The van der Waals surface area contributed by atoms with Gasteiger partial charge in [0.2, 0.25) is 17.6 Å². The van der Waals surface area contributed by atoms with Crippen molar-refractivity contribution in [2.75, 3.05) is 0 Å². The molecular weight excluding hydrogens is 422 g/mol. The molecule has 1 aromatic carbocycles. The summed E-state index contributed by atoms with van der Waals surface area (Å²) in [6.07, 6.45) is 7.88. The van der Waals surface area contributed by atoms with E-state index in [1.165, 1.54) is 6.20 Å². The molecule has 4 heterocycles. The zero-order chi connectivity index (χ0) is 23.1. The summed E-state index contributed by atoms with van der Waals surface area (Å²) in [5.41, 5.74) is 15.0. The highest BCUT2D eigenvalue weighted by atomic mass is 16.5. The monoisotopic (exact) mass is 439 g/mol. The molecule has 1 atom stereocenters. The number of rotatable bonds is 4. The lowest BCUT2D eigenvalue weighted by molar-refractivity contribution is 0.0989. The van der Waals surface area contributed by atoms with E-state index in [0.717, 1.165) is 5.56 Å². The molecule has 0 spiro atoms. The van der Waals surface area contributed by atoms with Crippen LogP contribution in [0.4, 0.5) is 0 Å². The van der Waals surface area contributed by atoms with E-state index in [1.807, 2.05) is 24.3 Å². The Morgan fingerprint density at radius 3 is 2.64 bits per heavy atom. The van der Waals surface area contributed by atoms with Crippen LogP contribution in [0.3, 0.4) is 0 Å². The molecule has 4 N–H and O–H groups in total. The van der Waals surface area contributed by atoms with E-state index < -0.39 is 11.8 Å². The molecule has 1 aliphatic heterocycles. The smallest absolute Gasteiger partial charge is 0.285 e. The highest BCUT2D eigenvalue weighted by Crippen LogP contribution is 2.46. The quantitative estimate of drug-likeness (QED) is 0.481. The minimum atomic E-state index is -0.635. The number of carbonyl (C=O) groups is 1. The second-order valence-corrected chi connectivity index (χ2v) is 7.28. The number of hydrogen-bond donors (Lipinski definition) is 2. The van der Waals surface area contributed by atoms with Crippen LogP contribution < -0.4 is 16.2 Å². The molecule has 162 valence electrons. The number of carbonyl (C=O) groups excluding carboxylic acids is 1. The number of benzene rings is 1. The van der Waals surface area contributed by atoms with Crippen molar-refractivity contribution < 1.29 is 9.53 Å². The van der Waals surface area contributed by atoms with E-state index in [9.17, 15) is 10.1 Å². The van der Waals surface area contributed by atoms with Gasteiger partial charge in [-0.3, -0.25) is 19.3 Å². The third-order valence-electron chi connectivity index (χ3n) is 5.37. The van der Waals surface area contributed by atoms with Gasteiger partial charge in [-0.2, -0.15) is 10.4 Å². The predicted molar refractivity (Wildman–Crippen MR) is 116 cm³/mol. The van der Waals surface area contributed by atoms with E-state index in [0.29, 0.717) is 28.5 Å². The number of amides is 1. The van der Waals surface area contributed by atoms with Gasteiger partial charge in [-0.1, -0.05) is 12.1 Å². The summed E-state index contributed by atoms with van der Waals surface area (Å²) >= 11 is 0. The predicted octanol–water partition coefficient (Wildman–Crippen LogP) is 1.38. The van der Waals surface area contributed by atoms with Crippen molar-refractivity contribution in [3.05, 3.63) is 83.7 Å². The van der Waals surface area contributed by atoms with Crippen LogP contribution >= 0.6 is 0 Å². The molecule has 0 bridgehead atoms. The van der Waals surface area contributed by atoms with Gasteiger partial charge in [-0.05, 0) is 17.7 Å². The molecule has 1 amide bonds. The van der Waals surface area contributed by atoms with Gasteiger partial charge in [-0.15, -0.1) is 0 Å². The second-order valence-electron chi connectivity index (χ2n) is 7.28. The number of fused-ring (bicyclic) bond motifs is 1. The molecule has 0 fully saturated rings. The number of nitrogens with two attached hydrogens (primary N) is 2. The Kier molecular flexibility index (Phi) is 4.60. The molecule has 0 saturated heterocycles. The Labute approximate surface area is 187 Å². The number of nitrogens with zero attached hydrogens (tertiary/aromatic N) is 7. The summed E-state index contributed by atoms with van der Waals surface area (Å²) in [5.74, 6) is -0.623. The van der Waals surface area contributed by atoms with Crippen molar-refractivity contribution in [3.63, 3.8) is 0 Å². The minimum Gasteiger partial charge on any atom is -0.422 e. The first-order valence-electron chi connectivity index (χ1n) is 9.84. The lowest BCUT2D eigenvalue weighted by atomic mass is 9.83. The van der Waals surface area contributed by atoms with Crippen molar-refractivity contribution in [1.29, 1.82) is 5.26 Å². The maximum absolute atomic E-state index is 11.6. The summed E-state index contributed by atoms with van der Waals surface area (Å²) in [4.78, 5) is 24.1. The van der Waals surface area contributed by atoms with E-state index in [4.69, 9.17) is 16.2 Å². The van der Waals surface area contributed by atoms with Gasteiger partial charge in [0, 0.05) is 37.5 Å². The Bertz CT molecular complexity index is 1440. The van der Waals surface area contributed by atoms with Gasteiger partial charge in [0.15, 0.2) is 0 Å². The van der Waals surface area contributed by atoms with Crippen molar-refractivity contribution >= 4 is 5.91 Å². The SMILES string of the molecule is Cn1nc(-c2cnccn2)c2c1OC(N)=C(C#N)C2c1ccc(-n2ccnc2C(N)=O)cc1. The summed E-state index contributed by atoms with van der Waals surface area (Å²) < 4.78 is 8.92. The van der Waals surface area contributed by atoms with Gasteiger partial charge in [0.25, 0.3) is 5.91 Å². The number of allylic oxidation sites excluding steroid dienone is 1. The van der Waals surface area contributed by atoms with Gasteiger partial charge in [0.05, 0.1) is 17.7 Å². The number of imidazole rings is 1. The fourth-order valence-electron chi connectivity index (χ4n) is 3.94. The van der Waals surface area contributed by atoms with Crippen LogP contribution in [0.5, 0.6) is 5.88 Å². The second kappa shape index (κ2) is 7.61. The Morgan fingerprint density at radius 1 is 1.18 bits per heavy atom. The first kappa shape index (κ1) is 20.0. The summed E-state index contributed by atoms with van der Waals surface area (Å²) in [6.45, 7) is 0. The van der Waals surface area contributed by atoms with E-state index in [-0.39, 0.29) is 17.3 Å². The van der Waals surface area contributed by atoms with Gasteiger partial charge in [0.1, 0.15) is 23.0 Å². The largest absolute Gasteiger partial charge is 0.422 e. The van der Waals surface area contributed by atoms with Crippen LogP contribution in [0.1, 0.15) is 27.7 Å². The molecule has 11 heteroatoms. The standard InChI is InChI=1S/C22H17N9O2/c1-30-22-17(18(29-30)15-11-26-6-7-27-15)16(14(10-23)20(25)33-22)12-2-4-13(5-3-12)31-9-8-28-21(31)19(24)32/h2-9,11,16H,25H2,1H3,(H2,24,32). The molecule has 11 nitrogen and oxygen atoms in total. The minimum absolute atomic E-state index is 0.0124. The van der Waals surface area contributed by atoms with Gasteiger partial charge >= 0.3 is 0 Å². The molecule has 0 aliphatic carbocycles. The van der Waals surface area contributed by atoms with E-state index in [1.54, 1.807) is 41.1 Å². The molecule has 5 rings (SSSR count). The number of aromatic nitrogens is 6. The molecule has 33 heavy (non-hydrogen) atoms. The summed E-state index contributed by atoms with van der Waals surface area (Å²) in [5, 5.41) is 14.5. The van der Waals surface area contributed by atoms with Crippen LogP contribution in [0, 0.1) is 11.3 Å². The topological polar surface area (TPSA) is 164 Å². The zero-order valence-electron chi connectivity index (χ0n) is 17.4. The number of primary amides is 1. The number of nitriles is 1. The van der Waals surface area contributed by atoms with Crippen molar-refractivity contribution in [3.8, 4) is 29.0 Å². The van der Waals surface area contributed by atoms with Crippen LogP contribution in [0.25, 0.3) is 17.1 Å². The molecule has 0 radical (unpaired) electrons. The van der Waals surface area contributed by atoms with Crippen molar-refractivity contribution in [2.24, 2.45) is 18.5 Å². The lowest BCUT2D eigenvalue weighted by Gasteiger charge is -2.25. The van der Waals surface area contributed by atoms with Gasteiger partial charge in [-0.25, -0.2) is 9.67 Å². The summed E-state index contributed by atoms with van der Waals surface area (Å²) in [7, 11) is 1.73. The number of hydrogen-bond acceptors (Lipinski definition) is 8. The Balaban J connectivity index is 1.66. The molecule has 3 aromatic heterocycles. The van der Waals surface area contributed by atoms with Crippen LogP contribution in [-0.2, 0) is 7.05 Å².